The fourth-order valence-corrected chi connectivity index (χ4v) is 3.36. The van der Waals surface area contributed by atoms with Gasteiger partial charge in [-0.3, -0.25) is 0 Å². The van der Waals surface area contributed by atoms with Crippen LogP contribution in [0.5, 0.6) is 5.75 Å². The van der Waals surface area contributed by atoms with E-state index in [1.807, 2.05) is 30.3 Å². The summed E-state index contributed by atoms with van der Waals surface area (Å²) >= 11 is 5.92. The van der Waals surface area contributed by atoms with Gasteiger partial charge in [0.2, 0.25) is 0 Å². The van der Waals surface area contributed by atoms with E-state index in [0.29, 0.717) is 28.5 Å². The number of benzene rings is 2. The average molecular weight is 387 g/mol. The van der Waals surface area contributed by atoms with Crippen LogP contribution in [0.15, 0.2) is 57.7 Å². The van der Waals surface area contributed by atoms with Crippen LogP contribution in [0.4, 0.5) is 0 Å². The summed E-state index contributed by atoms with van der Waals surface area (Å²) in [6.07, 6.45) is 0. The van der Waals surface area contributed by atoms with Gasteiger partial charge >= 0.3 is 5.63 Å². The monoisotopic (exact) mass is 386 g/mol. The van der Waals surface area contributed by atoms with Gasteiger partial charge in [0.25, 0.3) is 0 Å². The second-order valence-electron chi connectivity index (χ2n) is 6.61. The third kappa shape index (κ3) is 4.33. The minimum atomic E-state index is -0.375. The lowest BCUT2D eigenvalue weighted by molar-refractivity contribution is -0.908. The molecule has 0 radical (unpaired) electrons. The summed E-state index contributed by atoms with van der Waals surface area (Å²) in [7, 11) is 0. The molecule has 4 rings (SSSR count). The minimum Gasteiger partial charge on any atom is -0.488 e. The summed E-state index contributed by atoms with van der Waals surface area (Å²) in [4.78, 5) is 13.9. The van der Waals surface area contributed by atoms with E-state index in [-0.39, 0.29) is 5.63 Å². The second kappa shape index (κ2) is 8.13. The van der Waals surface area contributed by atoms with Gasteiger partial charge in [-0.1, -0.05) is 23.7 Å². The molecule has 1 fully saturated rings. The average Bonchev–Trinajstić information content (AvgIpc) is 2.69. The number of ether oxygens (including phenoxy) is 2. The summed E-state index contributed by atoms with van der Waals surface area (Å²) in [5.74, 6) is 0.706. The van der Waals surface area contributed by atoms with Crippen molar-refractivity contribution in [2.75, 3.05) is 39.5 Å². The maximum Gasteiger partial charge on any atom is 0.344 e. The third-order valence-electron chi connectivity index (χ3n) is 4.79. The fraction of sp³-hybridized carbons (Fsp3) is 0.286. The van der Waals surface area contributed by atoms with Crippen LogP contribution >= 0.6 is 11.6 Å². The summed E-state index contributed by atoms with van der Waals surface area (Å²) in [6, 6.07) is 14.6. The molecule has 0 saturated carbocycles. The Labute approximate surface area is 162 Å². The number of nitrogens with one attached hydrogen (secondary N) is 1. The molecule has 1 aliphatic heterocycles. The van der Waals surface area contributed by atoms with Crippen molar-refractivity contribution >= 4 is 22.6 Å². The largest absolute Gasteiger partial charge is 0.488 e. The first-order valence-corrected chi connectivity index (χ1v) is 9.45. The molecule has 140 valence electrons. The lowest BCUT2D eigenvalue weighted by Crippen LogP contribution is -3.14. The van der Waals surface area contributed by atoms with Crippen molar-refractivity contribution in [1.29, 1.82) is 0 Å². The number of quaternary nitrogens is 1. The molecule has 0 spiro atoms. The van der Waals surface area contributed by atoms with Gasteiger partial charge in [0.1, 0.15) is 37.6 Å². The maximum absolute atomic E-state index is 12.4. The Kier molecular flexibility index (Phi) is 5.43. The fourth-order valence-electron chi connectivity index (χ4n) is 3.24. The van der Waals surface area contributed by atoms with Crippen molar-refractivity contribution in [1.82, 2.24) is 0 Å². The Bertz CT molecular complexity index is 978. The molecule has 5 nitrogen and oxygen atoms in total. The molecule has 6 heteroatoms. The Morgan fingerprint density at radius 3 is 2.59 bits per heavy atom. The van der Waals surface area contributed by atoms with E-state index in [9.17, 15) is 4.79 Å². The lowest BCUT2D eigenvalue weighted by atomic mass is 10.1. The number of morpholine rings is 1. The molecule has 0 amide bonds. The Morgan fingerprint density at radius 2 is 1.81 bits per heavy atom. The van der Waals surface area contributed by atoms with E-state index < -0.39 is 0 Å². The first-order valence-electron chi connectivity index (χ1n) is 9.07. The predicted molar refractivity (Wildman–Crippen MR) is 105 cm³/mol. The molecule has 27 heavy (non-hydrogen) atoms. The van der Waals surface area contributed by atoms with Gasteiger partial charge in [0, 0.05) is 16.5 Å². The molecule has 1 aliphatic rings. The van der Waals surface area contributed by atoms with Crippen molar-refractivity contribution in [3.63, 3.8) is 0 Å². The molecule has 0 atom stereocenters. The van der Waals surface area contributed by atoms with Gasteiger partial charge in [-0.2, -0.15) is 0 Å². The van der Waals surface area contributed by atoms with Crippen LogP contribution in [0.2, 0.25) is 5.02 Å². The van der Waals surface area contributed by atoms with Crippen LogP contribution in [0, 0.1) is 0 Å². The first-order chi connectivity index (χ1) is 13.2. The Balaban J connectivity index is 1.50. The highest BCUT2D eigenvalue weighted by Gasteiger charge is 2.13. The van der Waals surface area contributed by atoms with Crippen molar-refractivity contribution < 1.29 is 18.8 Å². The van der Waals surface area contributed by atoms with E-state index in [4.69, 9.17) is 25.5 Å². The summed E-state index contributed by atoms with van der Waals surface area (Å²) in [6.45, 7) is 5.21. The van der Waals surface area contributed by atoms with Gasteiger partial charge in [-0.25, -0.2) is 4.79 Å². The standard InChI is InChI=1S/C21H20ClNO4/c22-17-4-1-15(2-5-17)19-13-16-3-6-18(14-20(16)27-21(19)24)26-12-9-23-7-10-25-11-8-23/h1-6,13-14H,7-12H2/p+1. The number of halogens is 1. The van der Waals surface area contributed by atoms with E-state index in [1.54, 1.807) is 18.2 Å². The van der Waals surface area contributed by atoms with Crippen molar-refractivity contribution in [2.24, 2.45) is 0 Å². The predicted octanol–water partition coefficient (Wildman–Crippen LogP) is 2.41. The van der Waals surface area contributed by atoms with Gasteiger partial charge in [-0.05, 0) is 35.9 Å². The van der Waals surface area contributed by atoms with Gasteiger partial charge in [0.05, 0.1) is 18.8 Å². The molecule has 1 aromatic heterocycles. The zero-order valence-corrected chi connectivity index (χ0v) is 15.6. The minimum absolute atomic E-state index is 0.375. The van der Waals surface area contributed by atoms with E-state index >= 15 is 0 Å². The van der Waals surface area contributed by atoms with Crippen LogP contribution < -0.4 is 15.3 Å². The van der Waals surface area contributed by atoms with Gasteiger partial charge in [0.15, 0.2) is 0 Å². The zero-order chi connectivity index (χ0) is 18.6. The quantitative estimate of drug-likeness (QED) is 0.684. The van der Waals surface area contributed by atoms with E-state index in [1.165, 1.54) is 4.90 Å². The first kappa shape index (κ1) is 18.0. The highest BCUT2D eigenvalue weighted by Crippen LogP contribution is 2.25. The molecular weight excluding hydrogens is 366 g/mol. The molecule has 3 aromatic rings. The van der Waals surface area contributed by atoms with Crippen LogP contribution in [0.1, 0.15) is 0 Å². The maximum atomic E-state index is 12.4. The topological polar surface area (TPSA) is 53.1 Å². The number of fused-ring (bicyclic) bond motifs is 1. The molecule has 2 aromatic carbocycles. The molecule has 2 heterocycles. The summed E-state index contributed by atoms with van der Waals surface area (Å²) in [5.41, 5.74) is 1.45. The highest BCUT2D eigenvalue weighted by molar-refractivity contribution is 6.30. The van der Waals surface area contributed by atoms with Crippen LogP contribution in [-0.4, -0.2) is 39.5 Å². The van der Waals surface area contributed by atoms with Crippen molar-refractivity contribution in [3.05, 3.63) is 64.0 Å². The number of hydrogen-bond acceptors (Lipinski definition) is 4. The second-order valence-corrected chi connectivity index (χ2v) is 7.05. The zero-order valence-electron chi connectivity index (χ0n) is 14.9. The van der Waals surface area contributed by atoms with Crippen LogP contribution in [0.25, 0.3) is 22.1 Å². The lowest BCUT2D eigenvalue weighted by Gasteiger charge is -2.23. The van der Waals surface area contributed by atoms with Crippen LogP contribution in [-0.2, 0) is 4.74 Å². The SMILES string of the molecule is O=c1oc2cc(OCC[NH+]3CCOCC3)ccc2cc1-c1ccc(Cl)cc1. The molecule has 0 aliphatic carbocycles. The van der Waals surface area contributed by atoms with Gasteiger partial charge in [-0.15, -0.1) is 0 Å². The number of rotatable bonds is 5. The molecule has 1 saturated heterocycles. The molecule has 1 N–H and O–H groups in total. The van der Waals surface area contributed by atoms with E-state index in [2.05, 4.69) is 0 Å². The third-order valence-corrected chi connectivity index (χ3v) is 5.04. The molecular formula is C21H21ClNO4+. The van der Waals surface area contributed by atoms with Crippen molar-refractivity contribution in [2.45, 2.75) is 0 Å². The Morgan fingerprint density at radius 1 is 1.04 bits per heavy atom. The molecule has 0 bridgehead atoms. The Hall–Kier alpha value is -2.34. The van der Waals surface area contributed by atoms with Gasteiger partial charge < -0.3 is 18.8 Å². The normalized spacial score (nSPS) is 15.1. The summed E-state index contributed by atoms with van der Waals surface area (Å²) in [5, 5.41) is 1.48. The molecule has 0 unspecified atom stereocenters. The van der Waals surface area contributed by atoms with Crippen molar-refractivity contribution in [3.8, 4) is 16.9 Å². The summed E-state index contributed by atoms with van der Waals surface area (Å²) < 4.78 is 16.7. The van der Waals surface area contributed by atoms with Crippen LogP contribution in [0.3, 0.4) is 0 Å². The smallest absolute Gasteiger partial charge is 0.344 e. The van der Waals surface area contributed by atoms with E-state index in [0.717, 1.165) is 43.8 Å². The highest BCUT2D eigenvalue weighted by atomic mass is 35.5. The number of hydrogen-bond donors (Lipinski definition) is 1.